The van der Waals surface area contributed by atoms with Crippen molar-refractivity contribution in [2.75, 3.05) is 0 Å². The quantitative estimate of drug-likeness (QED) is 0.442. The van der Waals surface area contributed by atoms with Crippen LogP contribution in [-0.4, -0.2) is 5.38 Å². The summed E-state index contributed by atoms with van der Waals surface area (Å²) in [5.41, 5.74) is 0. The summed E-state index contributed by atoms with van der Waals surface area (Å²) in [4.78, 5) is 0. The summed E-state index contributed by atoms with van der Waals surface area (Å²) >= 11 is 6.01. The SMILES string of the molecule is Cl[C@@H]1C[C@@H]2CC[C@H]1C2. The van der Waals surface area contributed by atoms with E-state index in [1.165, 1.54) is 25.7 Å². The molecule has 0 amide bonds. The summed E-state index contributed by atoms with van der Waals surface area (Å²) in [6.45, 7) is 0. The minimum atomic E-state index is 0.550. The Balaban J connectivity index is 2.11. The van der Waals surface area contributed by atoms with Gasteiger partial charge in [0.05, 0.1) is 0 Å². The number of fused-ring (bicyclic) bond motifs is 2. The molecule has 0 aromatic heterocycles. The highest BCUT2D eigenvalue weighted by Gasteiger charge is 2.38. The Kier molecular flexibility index (Phi) is 1.04. The second-order valence-electron chi connectivity index (χ2n) is 3.19. The number of alkyl halides is 1. The minimum Gasteiger partial charge on any atom is -0.123 e. The van der Waals surface area contributed by atoms with Crippen LogP contribution in [-0.2, 0) is 0 Å². The molecule has 0 aromatic carbocycles. The van der Waals surface area contributed by atoms with Gasteiger partial charge >= 0.3 is 0 Å². The Morgan fingerprint density at radius 3 is 2.25 bits per heavy atom. The molecule has 2 fully saturated rings. The van der Waals surface area contributed by atoms with Gasteiger partial charge < -0.3 is 0 Å². The molecule has 0 radical (unpaired) electrons. The lowest BCUT2D eigenvalue weighted by atomic mass is 10.0. The van der Waals surface area contributed by atoms with Crippen LogP contribution in [0, 0.1) is 11.8 Å². The van der Waals surface area contributed by atoms with Crippen LogP contribution in [0.25, 0.3) is 0 Å². The molecule has 1 heteroatoms. The van der Waals surface area contributed by atoms with Crippen molar-refractivity contribution in [2.45, 2.75) is 31.1 Å². The van der Waals surface area contributed by atoms with Crippen LogP contribution >= 0.6 is 11.6 Å². The lowest BCUT2D eigenvalue weighted by Gasteiger charge is -2.13. The average molecular weight is 131 g/mol. The number of hydrogen-bond acceptors (Lipinski definition) is 0. The predicted octanol–water partition coefficient (Wildman–Crippen LogP) is 2.41. The van der Waals surface area contributed by atoms with E-state index >= 15 is 0 Å². The first-order chi connectivity index (χ1) is 3.86. The van der Waals surface area contributed by atoms with E-state index in [4.69, 9.17) is 11.6 Å². The Labute approximate surface area is 55.2 Å². The van der Waals surface area contributed by atoms with Crippen molar-refractivity contribution in [1.29, 1.82) is 0 Å². The van der Waals surface area contributed by atoms with Crippen LogP contribution in [0.15, 0.2) is 0 Å². The van der Waals surface area contributed by atoms with Crippen molar-refractivity contribution < 1.29 is 0 Å². The van der Waals surface area contributed by atoms with Gasteiger partial charge in [0.1, 0.15) is 0 Å². The van der Waals surface area contributed by atoms with E-state index in [9.17, 15) is 0 Å². The largest absolute Gasteiger partial charge is 0.123 e. The Bertz CT molecular complexity index is 98.6. The molecule has 46 valence electrons. The number of rotatable bonds is 0. The van der Waals surface area contributed by atoms with E-state index in [2.05, 4.69) is 0 Å². The summed E-state index contributed by atoms with van der Waals surface area (Å²) in [5, 5.41) is 0.550. The van der Waals surface area contributed by atoms with Crippen molar-refractivity contribution in [3.8, 4) is 0 Å². The second-order valence-corrected chi connectivity index (χ2v) is 3.75. The molecular formula is C7H11Cl. The van der Waals surface area contributed by atoms with Gasteiger partial charge in [0.15, 0.2) is 0 Å². The molecule has 2 bridgehead atoms. The molecule has 2 aliphatic rings. The standard InChI is InChI=1S/C7H11Cl/c8-7-4-5-1-2-6(7)3-5/h5-7H,1-4H2/t5-,6+,7-/m1/s1. The fraction of sp³-hybridized carbons (Fsp3) is 1.00. The van der Waals surface area contributed by atoms with Crippen LogP contribution in [0.3, 0.4) is 0 Å². The van der Waals surface area contributed by atoms with E-state index < -0.39 is 0 Å². The van der Waals surface area contributed by atoms with Gasteiger partial charge in [0.2, 0.25) is 0 Å². The maximum absolute atomic E-state index is 6.01. The van der Waals surface area contributed by atoms with Gasteiger partial charge in [-0.3, -0.25) is 0 Å². The highest BCUT2D eigenvalue weighted by atomic mass is 35.5. The molecule has 8 heavy (non-hydrogen) atoms. The lowest BCUT2D eigenvalue weighted by Crippen LogP contribution is -2.08. The highest BCUT2D eigenvalue weighted by Crippen LogP contribution is 2.46. The van der Waals surface area contributed by atoms with E-state index in [0.29, 0.717) is 5.38 Å². The van der Waals surface area contributed by atoms with Gasteiger partial charge in [0, 0.05) is 5.38 Å². The maximum Gasteiger partial charge on any atom is 0.0367 e. The van der Waals surface area contributed by atoms with Crippen LogP contribution in [0.1, 0.15) is 25.7 Å². The molecule has 0 aliphatic heterocycles. The lowest BCUT2D eigenvalue weighted by molar-refractivity contribution is 0.487. The van der Waals surface area contributed by atoms with Crippen molar-refractivity contribution in [2.24, 2.45) is 11.8 Å². The molecule has 0 unspecified atom stereocenters. The van der Waals surface area contributed by atoms with Crippen molar-refractivity contribution in [3.05, 3.63) is 0 Å². The average Bonchev–Trinajstić information content (AvgIpc) is 2.23. The third kappa shape index (κ3) is 0.589. The van der Waals surface area contributed by atoms with Crippen LogP contribution in [0.4, 0.5) is 0 Å². The Morgan fingerprint density at radius 2 is 2.00 bits per heavy atom. The van der Waals surface area contributed by atoms with Crippen molar-refractivity contribution in [1.82, 2.24) is 0 Å². The zero-order valence-corrected chi connectivity index (χ0v) is 5.69. The molecule has 0 N–H and O–H groups in total. The molecule has 2 aliphatic carbocycles. The van der Waals surface area contributed by atoms with Crippen molar-refractivity contribution in [3.63, 3.8) is 0 Å². The monoisotopic (exact) mass is 130 g/mol. The van der Waals surface area contributed by atoms with Gasteiger partial charge in [-0.1, -0.05) is 6.42 Å². The zero-order chi connectivity index (χ0) is 5.56. The number of hydrogen-bond donors (Lipinski definition) is 0. The normalized spacial score (nSPS) is 52.9. The Morgan fingerprint density at radius 1 is 1.12 bits per heavy atom. The zero-order valence-electron chi connectivity index (χ0n) is 4.94. The first-order valence-corrected chi connectivity index (χ1v) is 3.94. The van der Waals surface area contributed by atoms with E-state index in [1.54, 1.807) is 0 Å². The smallest absolute Gasteiger partial charge is 0.0367 e. The molecule has 0 nitrogen and oxygen atoms in total. The summed E-state index contributed by atoms with van der Waals surface area (Å²) < 4.78 is 0. The Hall–Kier alpha value is 0.290. The summed E-state index contributed by atoms with van der Waals surface area (Å²) in [6, 6.07) is 0. The molecule has 3 atom stereocenters. The van der Waals surface area contributed by atoms with E-state index in [0.717, 1.165) is 11.8 Å². The molecule has 2 saturated carbocycles. The summed E-state index contributed by atoms with van der Waals surface area (Å²) in [5.74, 6) is 1.92. The van der Waals surface area contributed by atoms with Gasteiger partial charge in [-0.2, -0.15) is 0 Å². The summed E-state index contributed by atoms with van der Waals surface area (Å²) in [6.07, 6.45) is 5.63. The first kappa shape index (κ1) is 5.10. The van der Waals surface area contributed by atoms with Crippen LogP contribution in [0.2, 0.25) is 0 Å². The van der Waals surface area contributed by atoms with Crippen LogP contribution in [0.5, 0.6) is 0 Å². The predicted molar refractivity (Wildman–Crippen MR) is 35.1 cm³/mol. The van der Waals surface area contributed by atoms with Gasteiger partial charge in [0.25, 0.3) is 0 Å². The first-order valence-electron chi connectivity index (χ1n) is 3.50. The number of halogens is 1. The molecule has 0 saturated heterocycles. The fourth-order valence-electron chi connectivity index (χ4n) is 2.17. The topological polar surface area (TPSA) is 0 Å². The minimum absolute atomic E-state index is 0.550. The van der Waals surface area contributed by atoms with Crippen molar-refractivity contribution >= 4 is 11.6 Å². The van der Waals surface area contributed by atoms with Gasteiger partial charge in [-0.25, -0.2) is 0 Å². The second kappa shape index (κ2) is 1.63. The summed E-state index contributed by atoms with van der Waals surface area (Å²) in [7, 11) is 0. The van der Waals surface area contributed by atoms with Gasteiger partial charge in [-0.05, 0) is 31.1 Å². The highest BCUT2D eigenvalue weighted by molar-refractivity contribution is 6.21. The third-order valence-electron chi connectivity index (χ3n) is 2.65. The maximum atomic E-state index is 6.01. The fourth-order valence-corrected chi connectivity index (χ4v) is 2.65. The molecular weight excluding hydrogens is 120 g/mol. The third-order valence-corrected chi connectivity index (χ3v) is 3.19. The molecule has 2 rings (SSSR count). The van der Waals surface area contributed by atoms with E-state index in [1.807, 2.05) is 0 Å². The molecule has 0 heterocycles. The van der Waals surface area contributed by atoms with E-state index in [-0.39, 0.29) is 0 Å². The molecule has 0 aromatic rings. The molecule has 0 spiro atoms. The van der Waals surface area contributed by atoms with Gasteiger partial charge in [-0.15, -0.1) is 11.6 Å². The van der Waals surface area contributed by atoms with Crippen LogP contribution < -0.4 is 0 Å².